The Bertz CT molecular complexity index is 1030. The van der Waals surface area contributed by atoms with Crippen molar-refractivity contribution in [1.82, 2.24) is 0 Å². The SMILES string of the molecule is COc1ccc(C)c2c1NC(C)(C1(C)Nc3c(O)ccc(C)c3C1=O)C2=O. The minimum Gasteiger partial charge on any atom is -0.506 e. The van der Waals surface area contributed by atoms with Crippen molar-refractivity contribution in [3.05, 3.63) is 46.5 Å². The summed E-state index contributed by atoms with van der Waals surface area (Å²) in [6.45, 7) is 7.10. The lowest BCUT2D eigenvalue weighted by Crippen LogP contribution is -2.64. The molecule has 3 N–H and O–H groups in total. The summed E-state index contributed by atoms with van der Waals surface area (Å²) >= 11 is 0. The summed E-state index contributed by atoms with van der Waals surface area (Å²) in [6.07, 6.45) is 0. The van der Waals surface area contributed by atoms with Crippen molar-refractivity contribution in [3.8, 4) is 11.5 Å². The average Bonchev–Trinajstić information content (AvgIpc) is 3.07. The van der Waals surface area contributed by atoms with E-state index in [2.05, 4.69) is 10.6 Å². The summed E-state index contributed by atoms with van der Waals surface area (Å²) in [5, 5.41) is 16.7. The predicted molar refractivity (Wildman–Crippen MR) is 103 cm³/mol. The fourth-order valence-electron chi connectivity index (χ4n) is 4.21. The van der Waals surface area contributed by atoms with Gasteiger partial charge in [0.1, 0.15) is 22.6 Å². The first kappa shape index (κ1) is 17.4. The molecule has 2 unspecified atom stereocenters. The lowest BCUT2D eigenvalue weighted by Gasteiger charge is -2.39. The van der Waals surface area contributed by atoms with Crippen LogP contribution in [-0.4, -0.2) is 34.9 Å². The number of methoxy groups -OCH3 is 1. The van der Waals surface area contributed by atoms with Crippen molar-refractivity contribution < 1.29 is 19.4 Å². The third-order valence-electron chi connectivity index (χ3n) is 6.10. The second-order valence-corrected chi connectivity index (χ2v) is 7.64. The molecule has 0 aliphatic carbocycles. The van der Waals surface area contributed by atoms with Crippen molar-refractivity contribution >= 4 is 22.9 Å². The van der Waals surface area contributed by atoms with Crippen molar-refractivity contribution in [2.24, 2.45) is 0 Å². The van der Waals surface area contributed by atoms with Gasteiger partial charge in [0.15, 0.2) is 11.6 Å². The fraction of sp³-hybridized carbons (Fsp3) is 0.333. The molecule has 0 amide bonds. The van der Waals surface area contributed by atoms with Gasteiger partial charge in [-0.05, 0) is 51.0 Å². The molecule has 2 aromatic carbocycles. The number of aromatic hydroxyl groups is 1. The van der Waals surface area contributed by atoms with Crippen molar-refractivity contribution in [2.75, 3.05) is 17.7 Å². The van der Waals surface area contributed by atoms with E-state index in [0.29, 0.717) is 28.3 Å². The summed E-state index contributed by atoms with van der Waals surface area (Å²) in [5.41, 5.74) is 0.978. The van der Waals surface area contributed by atoms with Crippen molar-refractivity contribution in [2.45, 2.75) is 38.8 Å². The van der Waals surface area contributed by atoms with Gasteiger partial charge in [0.05, 0.1) is 29.6 Å². The van der Waals surface area contributed by atoms with Gasteiger partial charge >= 0.3 is 0 Å². The van der Waals surface area contributed by atoms with Gasteiger partial charge < -0.3 is 20.5 Å². The zero-order valence-electron chi connectivity index (χ0n) is 16.0. The molecule has 0 fully saturated rings. The number of carbonyl (C=O) groups excluding carboxylic acids is 2. The Morgan fingerprint density at radius 2 is 1.33 bits per heavy atom. The van der Waals surface area contributed by atoms with Gasteiger partial charge in [0, 0.05) is 0 Å². The number of hydrogen-bond acceptors (Lipinski definition) is 6. The molecule has 0 saturated heterocycles. The molecule has 6 heteroatoms. The molecule has 0 spiro atoms. The standard InChI is InChI=1S/C21H22N2O4/c1-10-6-8-12(24)16-14(10)18(25)20(3,22-16)21(4)19(26)15-11(2)7-9-13(27-5)17(15)23-21/h6-9,22-24H,1-5H3. The van der Waals surface area contributed by atoms with E-state index < -0.39 is 11.1 Å². The number of Topliss-reactive ketones (excluding diaryl/α,β-unsaturated/α-hetero) is 2. The van der Waals surface area contributed by atoms with Crippen molar-refractivity contribution in [1.29, 1.82) is 0 Å². The number of benzene rings is 2. The highest BCUT2D eigenvalue weighted by atomic mass is 16.5. The van der Waals surface area contributed by atoms with Gasteiger partial charge in [-0.25, -0.2) is 0 Å². The minimum absolute atomic E-state index is 0.00648. The number of nitrogens with one attached hydrogen (secondary N) is 2. The molecule has 4 rings (SSSR count). The second-order valence-electron chi connectivity index (χ2n) is 7.64. The van der Waals surface area contributed by atoms with E-state index in [1.54, 1.807) is 39.2 Å². The molecule has 2 aliphatic rings. The first-order valence-corrected chi connectivity index (χ1v) is 8.82. The van der Waals surface area contributed by atoms with Gasteiger partial charge in [-0.3, -0.25) is 9.59 Å². The van der Waals surface area contributed by atoms with Crippen LogP contribution in [0.3, 0.4) is 0 Å². The number of hydrogen-bond donors (Lipinski definition) is 3. The number of phenols is 1. The molecule has 27 heavy (non-hydrogen) atoms. The third-order valence-corrected chi connectivity index (χ3v) is 6.10. The predicted octanol–water partition coefficient (Wildman–Crippen LogP) is 3.45. The molecule has 0 aromatic heterocycles. The number of carbonyl (C=O) groups is 2. The van der Waals surface area contributed by atoms with Crippen LogP contribution in [0.4, 0.5) is 11.4 Å². The number of rotatable bonds is 2. The molecular formula is C21H22N2O4. The van der Waals surface area contributed by atoms with Gasteiger partial charge in [-0.2, -0.15) is 0 Å². The number of aryl methyl sites for hydroxylation is 2. The van der Waals surface area contributed by atoms with Crippen LogP contribution < -0.4 is 15.4 Å². The Kier molecular flexibility index (Phi) is 3.38. The summed E-state index contributed by atoms with van der Waals surface area (Å²) in [7, 11) is 1.55. The molecule has 0 bridgehead atoms. The number of fused-ring (bicyclic) bond motifs is 2. The summed E-state index contributed by atoms with van der Waals surface area (Å²) in [4.78, 5) is 26.9. The second kappa shape index (κ2) is 5.25. The first-order chi connectivity index (χ1) is 12.7. The number of ether oxygens (including phenoxy) is 1. The molecular weight excluding hydrogens is 344 g/mol. The number of ketones is 2. The maximum atomic E-state index is 13.5. The maximum absolute atomic E-state index is 13.5. The van der Waals surface area contributed by atoms with Crippen LogP contribution in [0.2, 0.25) is 0 Å². The summed E-state index contributed by atoms with van der Waals surface area (Å²) in [6, 6.07) is 6.89. The van der Waals surface area contributed by atoms with E-state index in [9.17, 15) is 14.7 Å². The van der Waals surface area contributed by atoms with Gasteiger partial charge in [-0.1, -0.05) is 12.1 Å². The molecule has 2 atom stereocenters. The first-order valence-electron chi connectivity index (χ1n) is 8.82. The highest BCUT2D eigenvalue weighted by Gasteiger charge is 2.62. The monoisotopic (exact) mass is 366 g/mol. The van der Waals surface area contributed by atoms with Crippen LogP contribution in [0.1, 0.15) is 45.7 Å². The Labute approximate surface area is 157 Å². The molecule has 2 heterocycles. The van der Waals surface area contributed by atoms with E-state index in [4.69, 9.17) is 4.74 Å². The van der Waals surface area contributed by atoms with Crippen LogP contribution >= 0.6 is 0 Å². The van der Waals surface area contributed by atoms with Crippen LogP contribution in [0.15, 0.2) is 24.3 Å². The van der Waals surface area contributed by atoms with Crippen LogP contribution in [0.5, 0.6) is 11.5 Å². The van der Waals surface area contributed by atoms with Gasteiger partial charge in [0.25, 0.3) is 0 Å². The van der Waals surface area contributed by atoms with E-state index >= 15 is 0 Å². The Morgan fingerprint density at radius 1 is 0.852 bits per heavy atom. The summed E-state index contributed by atoms with van der Waals surface area (Å²) < 4.78 is 5.42. The largest absolute Gasteiger partial charge is 0.506 e. The molecule has 140 valence electrons. The molecule has 6 nitrogen and oxygen atoms in total. The highest BCUT2D eigenvalue weighted by molar-refractivity contribution is 6.25. The molecule has 0 radical (unpaired) electrons. The number of phenolic OH excluding ortho intramolecular Hbond substituents is 1. The van der Waals surface area contributed by atoms with Crippen molar-refractivity contribution in [3.63, 3.8) is 0 Å². The van der Waals surface area contributed by atoms with Crippen LogP contribution in [-0.2, 0) is 0 Å². The third kappa shape index (κ3) is 1.95. The molecule has 2 aliphatic heterocycles. The van der Waals surface area contributed by atoms with Crippen LogP contribution in [0.25, 0.3) is 0 Å². The minimum atomic E-state index is -1.27. The normalized spacial score (nSPS) is 25.7. The lowest BCUT2D eigenvalue weighted by molar-refractivity contribution is 0.0781. The van der Waals surface area contributed by atoms with E-state index in [0.717, 1.165) is 11.1 Å². The summed E-state index contributed by atoms with van der Waals surface area (Å²) in [5.74, 6) is 0.145. The maximum Gasteiger partial charge on any atom is 0.193 e. The van der Waals surface area contributed by atoms with E-state index in [1.807, 2.05) is 19.9 Å². The zero-order chi connectivity index (χ0) is 19.7. The van der Waals surface area contributed by atoms with Gasteiger partial charge in [0.2, 0.25) is 0 Å². The molecule has 0 saturated carbocycles. The van der Waals surface area contributed by atoms with E-state index in [-0.39, 0.29) is 17.3 Å². The highest BCUT2D eigenvalue weighted by Crippen LogP contribution is 2.51. The molecule has 2 aromatic rings. The average molecular weight is 366 g/mol. The fourth-order valence-corrected chi connectivity index (χ4v) is 4.21. The Balaban J connectivity index is 1.89. The topological polar surface area (TPSA) is 87.7 Å². The quantitative estimate of drug-likeness (QED) is 0.706. The smallest absolute Gasteiger partial charge is 0.193 e. The van der Waals surface area contributed by atoms with E-state index in [1.165, 1.54) is 0 Å². The zero-order valence-corrected chi connectivity index (χ0v) is 16.0. The van der Waals surface area contributed by atoms with Crippen LogP contribution in [0, 0.1) is 13.8 Å². The Hall–Kier alpha value is -3.02. The van der Waals surface area contributed by atoms with Gasteiger partial charge in [-0.15, -0.1) is 0 Å². The Morgan fingerprint density at radius 3 is 1.85 bits per heavy atom. The number of anilines is 2. The lowest BCUT2D eigenvalue weighted by atomic mass is 9.73.